The fourth-order valence-electron chi connectivity index (χ4n) is 5.24. The fraction of sp³-hybridized carbons (Fsp3) is 0.552. The standard InChI is InChI=1S/C29H41N7O5/c1-5-34(6-2)16-10-17-35(27(24-13-9-18-41-24)29(38)30-22-11-7-8-12-22)26(37)20-36-32-28(31-33-36)21-14-15-23(39-3)25(19-21)40-4/h9,13-15,18-19,22,27H,5-8,10-12,16-17,20H2,1-4H3,(H,30,38)/t27-/m0/s1. The number of nitrogens with zero attached hydrogens (tertiary/aromatic N) is 6. The highest BCUT2D eigenvalue weighted by atomic mass is 16.5. The number of tetrazole rings is 1. The zero-order valence-corrected chi connectivity index (χ0v) is 24.4. The van der Waals surface area contributed by atoms with Gasteiger partial charge in [0.1, 0.15) is 12.3 Å². The number of furan rings is 1. The summed E-state index contributed by atoms with van der Waals surface area (Å²) >= 11 is 0. The van der Waals surface area contributed by atoms with Crippen molar-refractivity contribution in [2.24, 2.45) is 0 Å². The van der Waals surface area contributed by atoms with E-state index in [4.69, 9.17) is 13.9 Å². The van der Waals surface area contributed by atoms with Crippen molar-refractivity contribution < 1.29 is 23.5 Å². The van der Waals surface area contributed by atoms with E-state index >= 15 is 0 Å². The number of aromatic nitrogens is 4. The van der Waals surface area contributed by atoms with Gasteiger partial charge in [0, 0.05) is 18.2 Å². The van der Waals surface area contributed by atoms with Crippen LogP contribution in [0.25, 0.3) is 11.4 Å². The van der Waals surface area contributed by atoms with Gasteiger partial charge in [0.15, 0.2) is 17.5 Å². The second-order valence-electron chi connectivity index (χ2n) is 10.1. The topological polar surface area (TPSA) is 128 Å². The van der Waals surface area contributed by atoms with Crippen LogP contribution in [0.1, 0.15) is 57.8 Å². The number of ether oxygens (including phenoxy) is 2. The van der Waals surface area contributed by atoms with Gasteiger partial charge in [0.05, 0.1) is 20.5 Å². The first-order valence-electron chi connectivity index (χ1n) is 14.3. The number of hydrogen-bond donors (Lipinski definition) is 1. The van der Waals surface area contributed by atoms with E-state index < -0.39 is 6.04 Å². The second kappa shape index (κ2) is 14.6. The van der Waals surface area contributed by atoms with E-state index in [2.05, 4.69) is 39.5 Å². The van der Waals surface area contributed by atoms with Gasteiger partial charge < -0.3 is 29.0 Å². The molecule has 12 nitrogen and oxygen atoms in total. The Balaban J connectivity index is 1.56. The molecule has 1 aliphatic rings. The molecule has 3 aromatic rings. The molecule has 0 bridgehead atoms. The van der Waals surface area contributed by atoms with Gasteiger partial charge in [0.25, 0.3) is 5.91 Å². The summed E-state index contributed by atoms with van der Waals surface area (Å²) in [7, 11) is 3.12. The molecule has 2 heterocycles. The Morgan fingerprint density at radius 1 is 1.10 bits per heavy atom. The molecule has 41 heavy (non-hydrogen) atoms. The summed E-state index contributed by atoms with van der Waals surface area (Å²) in [6, 6.07) is 7.99. The quantitative estimate of drug-likeness (QED) is 0.294. The van der Waals surface area contributed by atoms with Crippen molar-refractivity contribution in [1.29, 1.82) is 0 Å². The summed E-state index contributed by atoms with van der Waals surface area (Å²) in [6.45, 7) is 7.04. The molecule has 1 fully saturated rings. The van der Waals surface area contributed by atoms with E-state index in [0.29, 0.717) is 41.6 Å². The minimum absolute atomic E-state index is 0.105. The lowest BCUT2D eigenvalue weighted by atomic mass is 10.1. The van der Waals surface area contributed by atoms with Gasteiger partial charge in [0.2, 0.25) is 11.7 Å². The molecular weight excluding hydrogens is 526 g/mol. The molecule has 2 aromatic heterocycles. The highest BCUT2D eigenvalue weighted by molar-refractivity contribution is 5.88. The summed E-state index contributed by atoms with van der Waals surface area (Å²) in [4.78, 5) is 32.6. The van der Waals surface area contributed by atoms with Crippen LogP contribution in [0.2, 0.25) is 0 Å². The van der Waals surface area contributed by atoms with Gasteiger partial charge in [-0.25, -0.2) is 0 Å². The third-order valence-corrected chi connectivity index (χ3v) is 7.53. The van der Waals surface area contributed by atoms with Crippen LogP contribution in [0.5, 0.6) is 11.5 Å². The predicted octanol–water partition coefficient (Wildman–Crippen LogP) is 3.31. The number of carbonyl (C=O) groups is 2. The smallest absolute Gasteiger partial charge is 0.250 e. The highest BCUT2D eigenvalue weighted by Crippen LogP contribution is 2.31. The number of benzene rings is 1. The molecule has 12 heteroatoms. The maximum atomic E-state index is 13.9. The van der Waals surface area contributed by atoms with Crippen LogP contribution in [0.4, 0.5) is 0 Å². The number of nitrogens with one attached hydrogen (secondary N) is 1. The van der Waals surface area contributed by atoms with Gasteiger partial charge >= 0.3 is 0 Å². The maximum absolute atomic E-state index is 13.9. The van der Waals surface area contributed by atoms with Crippen molar-refractivity contribution in [1.82, 2.24) is 35.3 Å². The third kappa shape index (κ3) is 7.63. The first kappa shape index (κ1) is 30.0. The number of hydrogen-bond acceptors (Lipinski definition) is 9. The van der Waals surface area contributed by atoms with Gasteiger partial charge in [-0.2, -0.15) is 4.80 Å². The average Bonchev–Trinajstić information content (AvgIpc) is 3.78. The van der Waals surface area contributed by atoms with Gasteiger partial charge in [-0.1, -0.05) is 26.7 Å². The normalized spacial score (nSPS) is 14.3. The number of rotatable bonds is 15. The Bertz CT molecular complexity index is 1250. The molecule has 0 unspecified atom stereocenters. The Hall–Kier alpha value is -3.93. The summed E-state index contributed by atoms with van der Waals surface area (Å²) < 4.78 is 16.4. The predicted molar refractivity (Wildman–Crippen MR) is 152 cm³/mol. The molecule has 2 amide bonds. The highest BCUT2D eigenvalue weighted by Gasteiger charge is 2.35. The van der Waals surface area contributed by atoms with Gasteiger partial charge in [-0.3, -0.25) is 9.59 Å². The van der Waals surface area contributed by atoms with E-state index in [9.17, 15) is 9.59 Å². The Labute approximate surface area is 241 Å². The molecule has 1 aromatic carbocycles. The molecule has 222 valence electrons. The SMILES string of the molecule is CCN(CC)CCCN(C(=O)Cn1nnc(-c2ccc(OC)c(OC)c2)n1)[C@H](C(=O)NC1CCCC1)c1ccco1. The first-order valence-corrected chi connectivity index (χ1v) is 14.3. The van der Waals surface area contributed by atoms with Crippen LogP contribution < -0.4 is 14.8 Å². The van der Waals surface area contributed by atoms with Crippen LogP contribution in [0, 0.1) is 0 Å². The first-order chi connectivity index (χ1) is 20.0. The summed E-state index contributed by atoms with van der Waals surface area (Å²) in [6.07, 6.45) is 6.27. The molecule has 0 aliphatic heterocycles. The minimum Gasteiger partial charge on any atom is -0.493 e. The van der Waals surface area contributed by atoms with E-state index in [1.165, 1.54) is 11.1 Å². The Morgan fingerprint density at radius 2 is 1.85 bits per heavy atom. The largest absolute Gasteiger partial charge is 0.493 e. The van der Waals surface area contributed by atoms with Crippen molar-refractivity contribution in [2.45, 2.75) is 64.6 Å². The lowest BCUT2D eigenvalue weighted by Gasteiger charge is -2.31. The van der Waals surface area contributed by atoms with Crippen molar-refractivity contribution in [3.8, 4) is 22.9 Å². The minimum atomic E-state index is -0.899. The van der Waals surface area contributed by atoms with Gasteiger partial charge in [-0.05, 0) is 74.4 Å². The van der Waals surface area contributed by atoms with E-state index in [1.54, 1.807) is 49.5 Å². The van der Waals surface area contributed by atoms with Gasteiger partial charge in [-0.15, -0.1) is 10.2 Å². The molecule has 0 spiro atoms. The van der Waals surface area contributed by atoms with Crippen molar-refractivity contribution in [3.05, 3.63) is 42.4 Å². The molecule has 1 saturated carbocycles. The van der Waals surface area contributed by atoms with Crippen LogP contribution >= 0.6 is 0 Å². The van der Waals surface area contributed by atoms with Crippen LogP contribution in [0.15, 0.2) is 41.0 Å². The lowest BCUT2D eigenvalue weighted by Crippen LogP contribution is -2.47. The van der Waals surface area contributed by atoms with E-state index in [-0.39, 0.29) is 24.4 Å². The Morgan fingerprint density at radius 3 is 2.51 bits per heavy atom. The molecule has 4 rings (SSSR count). The average molecular weight is 568 g/mol. The van der Waals surface area contributed by atoms with Crippen molar-refractivity contribution >= 4 is 11.8 Å². The number of methoxy groups -OCH3 is 2. The molecule has 1 atom stereocenters. The Kier molecular flexibility index (Phi) is 10.7. The fourth-order valence-corrected chi connectivity index (χ4v) is 5.24. The lowest BCUT2D eigenvalue weighted by molar-refractivity contribution is -0.142. The van der Waals surface area contributed by atoms with Crippen LogP contribution in [-0.2, 0) is 16.1 Å². The van der Waals surface area contributed by atoms with Crippen molar-refractivity contribution in [3.63, 3.8) is 0 Å². The zero-order chi connectivity index (χ0) is 29.2. The number of carbonyl (C=O) groups excluding carboxylic acids is 2. The summed E-state index contributed by atoms with van der Waals surface area (Å²) in [5, 5.41) is 15.9. The summed E-state index contributed by atoms with van der Waals surface area (Å²) in [5.74, 6) is 1.34. The molecule has 0 saturated heterocycles. The van der Waals surface area contributed by atoms with Crippen molar-refractivity contribution in [2.75, 3.05) is 40.4 Å². The van der Waals surface area contributed by atoms with E-state index in [1.807, 2.05) is 0 Å². The maximum Gasteiger partial charge on any atom is 0.250 e. The summed E-state index contributed by atoms with van der Waals surface area (Å²) in [5.41, 5.74) is 0.668. The van der Waals surface area contributed by atoms with Crippen LogP contribution in [-0.4, -0.2) is 88.3 Å². The molecule has 1 aliphatic carbocycles. The third-order valence-electron chi connectivity index (χ3n) is 7.53. The van der Waals surface area contributed by atoms with Crippen LogP contribution in [0.3, 0.4) is 0 Å². The monoisotopic (exact) mass is 567 g/mol. The zero-order valence-electron chi connectivity index (χ0n) is 24.4. The molecule has 0 radical (unpaired) electrons. The number of amides is 2. The van der Waals surface area contributed by atoms with E-state index in [0.717, 1.165) is 45.3 Å². The molecule has 1 N–H and O–H groups in total. The molecular formula is C29H41N7O5. The second-order valence-corrected chi connectivity index (χ2v) is 10.1.